The molecule has 2 aliphatic heterocycles. The van der Waals surface area contributed by atoms with E-state index in [0.717, 1.165) is 27.8 Å². The average Bonchev–Trinajstić information content (AvgIpc) is 3.22. The van der Waals surface area contributed by atoms with Crippen LogP contribution in [0.4, 0.5) is 0 Å². The molecule has 6 heteroatoms. The maximum atomic E-state index is 12.9. The molecule has 136 valence electrons. The monoisotopic (exact) mass is 369 g/mol. The molecule has 1 aliphatic carbocycles. The third kappa shape index (κ3) is 3.10. The first-order valence-electron chi connectivity index (χ1n) is 9.16. The minimum Gasteiger partial charge on any atom is -0.497 e. The van der Waals surface area contributed by atoms with Crippen LogP contribution < -0.4 is 4.74 Å². The van der Waals surface area contributed by atoms with Crippen LogP contribution in [0.2, 0.25) is 0 Å². The SMILES string of the molecule is COc1ccc(C2CC(=O)N3CN(C4CCCC4)CSC3=C2C#N)cc1. The van der Waals surface area contributed by atoms with Crippen molar-refractivity contribution in [3.63, 3.8) is 0 Å². The van der Waals surface area contributed by atoms with Crippen molar-refractivity contribution in [1.29, 1.82) is 5.26 Å². The summed E-state index contributed by atoms with van der Waals surface area (Å²) in [6.07, 6.45) is 5.37. The highest BCUT2D eigenvalue weighted by Crippen LogP contribution is 2.43. The maximum Gasteiger partial charge on any atom is 0.229 e. The van der Waals surface area contributed by atoms with Crippen molar-refractivity contribution in [3.05, 3.63) is 40.4 Å². The molecule has 0 bridgehead atoms. The number of hydrogen-bond acceptors (Lipinski definition) is 5. The number of thioether (sulfide) groups is 1. The third-order valence-corrected chi connectivity index (χ3v) is 6.85. The van der Waals surface area contributed by atoms with Gasteiger partial charge in [0.25, 0.3) is 0 Å². The molecule has 0 N–H and O–H groups in total. The van der Waals surface area contributed by atoms with Crippen molar-refractivity contribution < 1.29 is 9.53 Å². The molecule has 1 unspecified atom stereocenters. The van der Waals surface area contributed by atoms with E-state index in [1.165, 1.54) is 25.7 Å². The number of carbonyl (C=O) groups excluding carboxylic acids is 1. The first-order valence-corrected chi connectivity index (χ1v) is 10.1. The highest BCUT2D eigenvalue weighted by Gasteiger charge is 2.39. The summed E-state index contributed by atoms with van der Waals surface area (Å²) in [6, 6.07) is 10.7. The van der Waals surface area contributed by atoms with Crippen molar-refractivity contribution in [2.75, 3.05) is 19.7 Å². The van der Waals surface area contributed by atoms with Gasteiger partial charge < -0.3 is 4.74 Å². The van der Waals surface area contributed by atoms with Gasteiger partial charge in [-0.25, -0.2) is 0 Å². The summed E-state index contributed by atoms with van der Waals surface area (Å²) >= 11 is 1.65. The van der Waals surface area contributed by atoms with Crippen LogP contribution in [0.1, 0.15) is 43.6 Å². The predicted octanol–water partition coefficient (Wildman–Crippen LogP) is 3.65. The molecule has 1 atom stereocenters. The van der Waals surface area contributed by atoms with Crippen molar-refractivity contribution in [2.45, 2.75) is 44.1 Å². The van der Waals surface area contributed by atoms with Gasteiger partial charge >= 0.3 is 0 Å². The lowest BCUT2D eigenvalue weighted by molar-refractivity contribution is -0.132. The van der Waals surface area contributed by atoms with Gasteiger partial charge in [0.2, 0.25) is 5.91 Å². The number of allylic oxidation sites excluding steroid dienone is 1. The van der Waals surface area contributed by atoms with Crippen LogP contribution in [0, 0.1) is 11.3 Å². The van der Waals surface area contributed by atoms with Gasteiger partial charge in [0.15, 0.2) is 0 Å². The number of methoxy groups -OCH3 is 1. The van der Waals surface area contributed by atoms with Crippen LogP contribution in [-0.2, 0) is 4.79 Å². The highest BCUT2D eigenvalue weighted by atomic mass is 32.2. The van der Waals surface area contributed by atoms with Crippen molar-refractivity contribution >= 4 is 17.7 Å². The Labute approximate surface area is 158 Å². The van der Waals surface area contributed by atoms with Gasteiger partial charge in [0, 0.05) is 18.4 Å². The van der Waals surface area contributed by atoms with E-state index in [1.807, 2.05) is 29.2 Å². The number of amides is 1. The fourth-order valence-electron chi connectivity index (χ4n) is 4.20. The number of nitrogens with zero attached hydrogens (tertiary/aromatic N) is 3. The summed E-state index contributed by atoms with van der Waals surface area (Å²) in [4.78, 5) is 17.1. The Bertz CT molecular complexity index is 762. The van der Waals surface area contributed by atoms with Gasteiger partial charge in [-0.15, -0.1) is 0 Å². The standard InChI is InChI=1S/C20H23N3O2S/c1-25-16-8-6-14(7-9-16)17-10-19(24)23-12-22(15-4-2-3-5-15)13-26-20(23)18(17)11-21/h6-9,15,17H,2-5,10,12-13H2,1H3. The number of hydrogen-bond donors (Lipinski definition) is 0. The molecular formula is C20H23N3O2S. The minimum absolute atomic E-state index is 0.120. The summed E-state index contributed by atoms with van der Waals surface area (Å²) in [5.41, 5.74) is 1.73. The number of fused-ring (bicyclic) bond motifs is 1. The zero-order valence-corrected chi connectivity index (χ0v) is 15.8. The predicted molar refractivity (Wildman–Crippen MR) is 101 cm³/mol. The Morgan fingerprint density at radius 1 is 1.23 bits per heavy atom. The molecule has 1 saturated heterocycles. The van der Waals surface area contributed by atoms with E-state index in [-0.39, 0.29) is 11.8 Å². The minimum atomic E-state index is -0.157. The summed E-state index contributed by atoms with van der Waals surface area (Å²) in [7, 11) is 1.63. The van der Waals surface area contributed by atoms with Crippen molar-refractivity contribution in [3.8, 4) is 11.8 Å². The van der Waals surface area contributed by atoms with Crippen molar-refractivity contribution in [1.82, 2.24) is 9.80 Å². The molecule has 2 heterocycles. The Morgan fingerprint density at radius 2 is 1.96 bits per heavy atom. The largest absolute Gasteiger partial charge is 0.497 e. The maximum absolute atomic E-state index is 12.9. The number of nitriles is 1. The van der Waals surface area contributed by atoms with E-state index in [9.17, 15) is 10.1 Å². The summed E-state index contributed by atoms with van der Waals surface area (Å²) in [5.74, 6) is 1.61. The van der Waals surface area contributed by atoms with Crippen LogP contribution in [0.15, 0.2) is 34.9 Å². The zero-order valence-electron chi connectivity index (χ0n) is 15.0. The number of carbonyl (C=O) groups is 1. The Kier molecular flexibility index (Phi) is 4.92. The molecule has 5 nitrogen and oxygen atoms in total. The molecule has 1 aromatic rings. The van der Waals surface area contributed by atoms with Gasteiger partial charge in [0.1, 0.15) is 5.75 Å². The van der Waals surface area contributed by atoms with Crippen LogP contribution in [0.25, 0.3) is 0 Å². The molecule has 0 aromatic heterocycles. The van der Waals surface area contributed by atoms with E-state index in [2.05, 4.69) is 11.0 Å². The molecule has 3 aliphatic rings. The molecule has 1 aromatic carbocycles. The molecule has 26 heavy (non-hydrogen) atoms. The summed E-state index contributed by atoms with van der Waals surface area (Å²) in [6.45, 7) is 0.631. The van der Waals surface area contributed by atoms with Crippen LogP contribution in [0.3, 0.4) is 0 Å². The van der Waals surface area contributed by atoms with E-state index in [0.29, 0.717) is 19.1 Å². The third-order valence-electron chi connectivity index (χ3n) is 5.67. The molecule has 1 amide bonds. The molecule has 0 spiro atoms. The second kappa shape index (κ2) is 7.34. The van der Waals surface area contributed by atoms with Crippen LogP contribution in [-0.4, -0.2) is 41.4 Å². The Morgan fingerprint density at radius 3 is 2.62 bits per heavy atom. The summed E-state index contributed by atoms with van der Waals surface area (Å²) < 4.78 is 5.22. The lowest BCUT2D eigenvalue weighted by atomic mass is 9.86. The van der Waals surface area contributed by atoms with Gasteiger partial charge in [-0.05, 0) is 30.5 Å². The molecule has 4 rings (SSSR count). The van der Waals surface area contributed by atoms with E-state index < -0.39 is 0 Å². The number of benzene rings is 1. The summed E-state index contributed by atoms with van der Waals surface area (Å²) in [5, 5.41) is 10.7. The topological polar surface area (TPSA) is 56.6 Å². The normalized spacial score (nSPS) is 24.5. The number of ether oxygens (including phenoxy) is 1. The lowest BCUT2D eigenvalue weighted by Crippen LogP contribution is -2.50. The van der Waals surface area contributed by atoms with Gasteiger partial charge in [-0.3, -0.25) is 14.6 Å². The fraction of sp³-hybridized carbons (Fsp3) is 0.500. The zero-order chi connectivity index (χ0) is 18.1. The Balaban J connectivity index is 1.61. The molecule has 1 saturated carbocycles. The van der Waals surface area contributed by atoms with E-state index >= 15 is 0 Å². The molecular weight excluding hydrogens is 346 g/mol. The fourth-order valence-corrected chi connectivity index (χ4v) is 5.44. The van der Waals surface area contributed by atoms with Gasteiger partial charge in [-0.2, -0.15) is 5.26 Å². The highest BCUT2D eigenvalue weighted by molar-refractivity contribution is 8.03. The molecule has 0 radical (unpaired) electrons. The second-order valence-corrected chi connectivity index (χ2v) is 8.06. The number of rotatable bonds is 3. The van der Waals surface area contributed by atoms with Crippen molar-refractivity contribution in [2.24, 2.45) is 0 Å². The van der Waals surface area contributed by atoms with Gasteiger partial charge in [-0.1, -0.05) is 36.7 Å². The van der Waals surface area contributed by atoms with Crippen LogP contribution >= 0.6 is 11.8 Å². The molecule has 2 fully saturated rings. The lowest BCUT2D eigenvalue weighted by Gasteiger charge is -2.43. The Hall–Kier alpha value is -1.97. The van der Waals surface area contributed by atoms with E-state index in [4.69, 9.17) is 4.74 Å². The average molecular weight is 369 g/mol. The second-order valence-electron chi connectivity index (χ2n) is 7.12. The van der Waals surface area contributed by atoms with E-state index in [1.54, 1.807) is 18.9 Å². The first-order chi connectivity index (χ1) is 12.7. The quantitative estimate of drug-likeness (QED) is 0.814. The smallest absolute Gasteiger partial charge is 0.229 e. The van der Waals surface area contributed by atoms with Gasteiger partial charge in [0.05, 0.1) is 36.3 Å². The first kappa shape index (κ1) is 17.4. The van der Waals surface area contributed by atoms with Crippen LogP contribution in [0.5, 0.6) is 5.75 Å².